The number of amides is 2. The van der Waals surface area contributed by atoms with Crippen LogP contribution in [0.5, 0.6) is 0 Å². The Bertz CT molecular complexity index is 876. The van der Waals surface area contributed by atoms with E-state index >= 15 is 0 Å². The molecule has 2 aromatic carbocycles. The van der Waals surface area contributed by atoms with Crippen LogP contribution < -0.4 is 10.2 Å². The van der Waals surface area contributed by atoms with Crippen LogP contribution in [0, 0.1) is 5.82 Å². The summed E-state index contributed by atoms with van der Waals surface area (Å²) >= 11 is 0. The number of para-hydroxylation sites is 1. The van der Waals surface area contributed by atoms with Gasteiger partial charge in [-0.2, -0.15) is 0 Å². The van der Waals surface area contributed by atoms with Gasteiger partial charge in [-0.25, -0.2) is 4.39 Å². The third kappa shape index (κ3) is 4.94. The molecule has 5 nitrogen and oxygen atoms in total. The third-order valence-electron chi connectivity index (χ3n) is 5.49. The van der Waals surface area contributed by atoms with E-state index in [4.69, 9.17) is 0 Å². The third-order valence-corrected chi connectivity index (χ3v) is 5.49. The highest BCUT2D eigenvalue weighted by Crippen LogP contribution is 2.26. The van der Waals surface area contributed by atoms with Crippen LogP contribution in [-0.4, -0.2) is 48.9 Å². The molecule has 0 radical (unpaired) electrons. The predicted octanol–water partition coefficient (Wildman–Crippen LogP) is 3.70. The number of piperidine rings is 1. The summed E-state index contributed by atoms with van der Waals surface area (Å²) in [6.07, 6.45) is 1.53. The average molecular weight is 397 g/mol. The Kier molecular flexibility index (Phi) is 6.52. The van der Waals surface area contributed by atoms with E-state index in [9.17, 15) is 14.0 Å². The first-order valence-corrected chi connectivity index (χ1v) is 10.0. The number of nitrogens with zero attached hydrogens (tertiary/aromatic N) is 2. The van der Waals surface area contributed by atoms with Crippen LogP contribution in [0.2, 0.25) is 0 Å². The molecule has 154 valence electrons. The Balaban J connectivity index is 1.64. The molecule has 0 unspecified atom stereocenters. The predicted molar refractivity (Wildman–Crippen MR) is 113 cm³/mol. The van der Waals surface area contributed by atoms with E-state index in [-0.39, 0.29) is 23.9 Å². The standard InChI is InChI=1S/C23H28FN3O2/c1-16(2)26(3)23(29)20-9-4-5-10-21(20)27-13-11-19(12-14-27)25-22(28)17-7-6-8-18(24)15-17/h4-10,15-16,19H,11-14H2,1-3H3,(H,25,28). The summed E-state index contributed by atoms with van der Waals surface area (Å²) in [7, 11) is 1.82. The number of halogens is 1. The van der Waals surface area contributed by atoms with Crippen LogP contribution in [0.4, 0.5) is 10.1 Å². The van der Waals surface area contributed by atoms with E-state index in [1.54, 1.807) is 11.0 Å². The largest absolute Gasteiger partial charge is 0.371 e. The van der Waals surface area contributed by atoms with E-state index in [1.165, 1.54) is 18.2 Å². The van der Waals surface area contributed by atoms with Gasteiger partial charge < -0.3 is 15.1 Å². The Morgan fingerprint density at radius 1 is 1.10 bits per heavy atom. The zero-order valence-corrected chi connectivity index (χ0v) is 17.2. The lowest BCUT2D eigenvalue weighted by atomic mass is 10.0. The SMILES string of the molecule is CC(C)N(C)C(=O)c1ccccc1N1CCC(NC(=O)c2cccc(F)c2)CC1. The maximum Gasteiger partial charge on any atom is 0.255 e. The molecular formula is C23H28FN3O2. The van der Waals surface area contributed by atoms with E-state index in [1.807, 2.05) is 45.2 Å². The summed E-state index contributed by atoms with van der Waals surface area (Å²) in [6, 6.07) is 13.6. The van der Waals surface area contributed by atoms with Crippen molar-refractivity contribution in [1.82, 2.24) is 10.2 Å². The molecule has 3 rings (SSSR count). The van der Waals surface area contributed by atoms with Crippen molar-refractivity contribution < 1.29 is 14.0 Å². The van der Waals surface area contributed by atoms with Gasteiger partial charge in [0.2, 0.25) is 0 Å². The molecule has 29 heavy (non-hydrogen) atoms. The minimum atomic E-state index is -0.417. The number of hydrogen-bond donors (Lipinski definition) is 1. The topological polar surface area (TPSA) is 52.7 Å². The normalized spacial score (nSPS) is 14.7. The first-order chi connectivity index (χ1) is 13.9. The second kappa shape index (κ2) is 9.07. The van der Waals surface area contributed by atoms with Gasteiger partial charge in [-0.05, 0) is 57.0 Å². The van der Waals surface area contributed by atoms with E-state index in [0.29, 0.717) is 11.1 Å². The van der Waals surface area contributed by atoms with Crippen LogP contribution >= 0.6 is 0 Å². The first-order valence-electron chi connectivity index (χ1n) is 10.0. The van der Waals surface area contributed by atoms with Gasteiger partial charge in [0.25, 0.3) is 11.8 Å². The van der Waals surface area contributed by atoms with Crippen LogP contribution in [0.3, 0.4) is 0 Å². The van der Waals surface area contributed by atoms with Crippen LogP contribution in [-0.2, 0) is 0 Å². The monoisotopic (exact) mass is 397 g/mol. The summed E-state index contributed by atoms with van der Waals surface area (Å²) in [6.45, 7) is 5.47. The van der Waals surface area contributed by atoms with Crippen LogP contribution in [0.1, 0.15) is 47.4 Å². The Morgan fingerprint density at radius 2 is 1.79 bits per heavy atom. The fourth-order valence-electron chi connectivity index (χ4n) is 3.52. The maximum absolute atomic E-state index is 13.3. The van der Waals surface area contributed by atoms with Crippen molar-refractivity contribution in [3.63, 3.8) is 0 Å². The molecule has 1 aliphatic rings. The molecule has 0 aromatic heterocycles. The van der Waals surface area contributed by atoms with Gasteiger partial charge in [-0.15, -0.1) is 0 Å². The summed E-state index contributed by atoms with van der Waals surface area (Å²) in [4.78, 5) is 29.2. The fourth-order valence-corrected chi connectivity index (χ4v) is 3.52. The molecule has 2 aromatic rings. The van der Waals surface area contributed by atoms with Gasteiger partial charge >= 0.3 is 0 Å². The van der Waals surface area contributed by atoms with Crippen molar-refractivity contribution in [1.29, 1.82) is 0 Å². The van der Waals surface area contributed by atoms with E-state index in [2.05, 4.69) is 10.2 Å². The molecule has 1 N–H and O–H groups in total. The quantitative estimate of drug-likeness (QED) is 0.837. The number of rotatable bonds is 5. The number of carbonyl (C=O) groups is 2. The highest BCUT2D eigenvalue weighted by molar-refractivity contribution is 6.00. The molecule has 1 fully saturated rings. The minimum Gasteiger partial charge on any atom is -0.371 e. The van der Waals surface area contributed by atoms with Crippen molar-refractivity contribution in [2.75, 3.05) is 25.0 Å². The number of benzene rings is 2. The first kappa shape index (κ1) is 20.8. The molecule has 0 aliphatic carbocycles. The molecule has 0 atom stereocenters. The summed E-state index contributed by atoms with van der Waals surface area (Å²) in [5.41, 5.74) is 1.96. The molecule has 2 amide bonds. The minimum absolute atomic E-state index is 0.0112. The van der Waals surface area contributed by atoms with Gasteiger partial charge in [0.05, 0.1) is 5.56 Å². The van der Waals surface area contributed by atoms with Gasteiger partial charge in [0.1, 0.15) is 5.82 Å². The lowest BCUT2D eigenvalue weighted by Gasteiger charge is -2.35. The summed E-state index contributed by atoms with van der Waals surface area (Å²) < 4.78 is 13.3. The van der Waals surface area contributed by atoms with Gasteiger partial charge in [-0.3, -0.25) is 9.59 Å². The van der Waals surface area contributed by atoms with Crippen molar-refractivity contribution >= 4 is 17.5 Å². The Hall–Kier alpha value is -2.89. The highest BCUT2D eigenvalue weighted by atomic mass is 19.1. The van der Waals surface area contributed by atoms with Crippen molar-refractivity contribution in [2.24, 2.45) is 0 Å². The number of hydrogen-bond acceptors (Lipinski definition) is 3. The van der Waals surface area contributed by atoms with E-state index < -0.39 is 5.82 Å². The average Bonchev–Trinajstić information content (AvgIpc) is 2.73. The molecule has 0 spiro atoms. The summed E-state index contributed by atoms with van der Waals surface area (Å²) in [5.74, 6) is -0.658. The maximum atomic E-state index is 13.3. The second-order valence-electron chi connectivity index (χ2n) is 7.77. The molecule has 6 heteroatoms. The molecule has 1 heterocycles. The van der Waals surface area contributed by atoms with Crippen LogP contribution in [0.15, 0.2) is 48.5 Å². The lowest BCUT2D eigenvalue weighted by Crippen LogP contribution is -2.45. The van der Waals surface area contributed by atoms with Crippen molar-refractivity contribution in [3.8, 4) is 0 Å². The van der Waals surface area contributed by atoms with Crippen LogP contribution in [0.25, 0.3) is 0 Å². The Labute approximate surface area is 171 Å². The van der Waals surface area contributed by atoms with Gasteiger partial charge in [0, 0.05) is 43.5 Å². The van der Waals surface area contributed by atoms with Crippen molar-refractivity contribution in [3.05, 3.63) is 65.5 Å². The van der Waals surface area contributed by atoms with Crippen molar-refractivity contribution in [2.45, 2.75) is 38.8 Å². The molecule has 0 saturated carbocycles. The highest BCUT2D eigenvalue weighted by Gasteiger charge is 2.25. The molecular weight excluding hydrogens is 369 g/mol. The number of carbonyl (C=O) groups excluding carboxylic acids is 2. The van der Waals surface area contributed by atoms with Gasteiger partial charge in [0.15, 0.2) is 0 Å². The second-order valence-corrected chi connectivity index (χ2v) is 7.77. The smallest absolute Gasteiger partial charge is 0.255 e. The molecule has 0 bridgehead atoms. The fraction of sp³-hybridized carbons (Fsp3) is 0.391. The summed E-state index contributed by atoms with van der Waals surface area (Å²) in [5, 5.41) is 3.00. The zero-order valence-electron chi connectivity index (χ0n) is 17.2. The number of anilines is 1. The van der Waals surface area contributed by atoms with E-state index in [0.717, 1.165) is 31.6 Å². The lowest BCUT2D eigenvalue weighted by molar-refractivity contribution is 0.0755. The molecule has 1 saturated heterocycles. The number of nitrogens with one attached hydrogen (secondary N) is 1. The Morgan fingerprint density at radius 3 is 2.45 bits per heavy atom. The molecule has 1 aliphatic heterocycles. The zero-order chi connectivity index (χ0) is 21.0. The van der Waals surface area contributed by atoms with Gasteiger partial charge in [-0.1, -0.05) is 18.2 Å².